The Hall–Kier alpha value is -3.70. The summed E-state index contributed by atoms with van der Waals surface area (Å²) in [6, 6.07) is 12.1. The molecule has 10 nitrogen and oxygen atoms in total. The smallest absolute Gasteiger partial charge is 0.410 e. The third-order valence-electron chi connectivity index (χ3n) is 7.80. The van der Waals surface area contributed by atoms with Gasteiger partial charge in [0.25, 0.3) is 5.91 Å². The Morgan fingerprint density at radius 3 is 2.51 bits per heavy atom. The minimum absolute atomic E-state index is 0.0438. The molecule has 0 saturated carbocycles. The summed E-state index contributed by atoms with van der Waals surface area (Å²) in [4.78, 5) is 31.9. The Kier molecular flexibility index (Phi) is 8.94. The van der Waals surface area contributed by atoms with Gasteiger partial charge in [0.05, 0.1) is 22.6 Å². The van der Waals surface area contributed by atoms with Gasteiger partial charge in [-0.3, -0.25) is 9.69 Å². The lowest BCUT2D eigenvalue weighted by molar-refractivity contribution is -0.00997. The molecule has 3 heterocycles. The van der Waals surface area contributed by atoms with Crippen molar-refractivity contribution in [2.45, 2.75) is 71.3 Å². The van der Waals surface area contributed by atoms with Gasteiger partial charge in [-0.25, -0.2) is 13.9 Å². The van der Waals surface area contributed by atoms with Crippen LogP contribution in [0.5, 0.6) is 0 Å². The Balaban J connectivity index is 1.18. The fourth-order valence-corrected chi connectivity index (χ4v) is 5.86. The van der Waals surface area contributed by atoms with Crippen LogP contribution in [-0.2, 0) is 11.3 Å². The van der Waals surface area contributed by atoms with E-state index in [0.29, 0.717) is 31.7 Å². The second-order valence-corrected chi connectivity index (χ2v) is 12.9. The average Bonchev–Trinajstić information content (AvgIpc) is 3.61. The molecule has 3 aromatic rings. The van der Waals surface area contributed by atoms with E-state index in [9.17, 15) is 14.0 Å². The van der Waals surface area contributed by atoms with Gasteiger partial charge in [0, 0.05) is 62.1 Å². The van der Waals surface area contributed by atoms with E-state index in [-0.39, 0.29) is 35.1 Å². The minimum Gasteiger partial charge on any atom is -0.444 e. The van der Waals surface area contributed by atoms with Crippen molar-refractivity contribution >= 4 is 29.3 Å². The van der Waals surface area contributed by atoms with Gasteiger partial charge in [-0.1, -0.05) is 22.9 Å². The van der Waals surface area contributed by atoms with E-state index in [1.807, 2.05) is 39.1 Å². The van der Waals surface area contributed by atoms with Crippen LogP contribution in [0, 0.1) is 5.82 Å². The van der Waals surface area contributed by atoms with E-state index >= 15 is 0 Å². The van der Waals surface area contributed by atoms with Crippen molar-refractivity contribution in [1.29, 1.82) is 0 Å². The molecular formula is C31H39ClFN7O3. The fourth-order valence-electron chi connectivity index (χ4n) is 5.68. The largest absolute Gasteiger partial charge is 0.444 e. The Morgan fingerprint density at radius 1 is 1.07 bits per heavy atom. The van der Waals surface area contributed by atoms with Crippen LogP contribution < -0.4 is 10.2 Å². The number of halogens is 2. The summed E-state index contributed by atoms with van der Waals surface area (Å²) >= 11 is 5.95. The van der Waals surface area contributed by atoms with Crippen LogP contribution in [0.1, 0.15) is 57.1 Å². The fraction of sp³-hybridized carbons (Fsp3) is 0.484. The zero-order valence-electron chi connectivity index (χ0n) is 25.3. The summed E-state index contributed by atoms with van der Waals surface area (Å²) in [7, 11) is 0. The van der Waals surface area contributed by atoms with Crippen LogP contribution >= 0.6 is 11.6 Å². The first-order valence-electron chi connectivity index (χ1n) is 14.6. The van der Waals surface area contributed by atoms with Gasteiger partial charge in [-0.05, 0) is 77.4 Å². The summed E-state index contributed by atoms with van der Waals surface area (Å²) in [5.41, 5.74) is 2.36. The Bertz CT molecular complexity index is 1460. The van der Waals surface area contributed by atoms with Crippen LogP contribution in [0.4, 0.5) is 14.9 Å². The molecule has 1 unspecified atom stereocenters. The summed E-state index contributed by atoms with van der Waals surface area (Å²) in [6.45, 7) is 12.9. The molecule has 0 spiro atoms. The maximum Gasteiger partial charge on any atom is 0.410 e. The zero-order valence-corrected chi connectivity index (χ0v) is 26.0. The van der Waals surface area contributed by atoms with Crippen LogP contribution in [0.15, 0.2) is 48.7 Å². The number of nitrogens with zero attached hydrogens (tertiary/aromatic N) is 6. The molecule has 12 heteroatoms. The van der Waals surface area contributed by atoms with Crippen molar-refractivity contribution in [3.8, 4) is 5.69 Å². The summed E-state index contributed by atoms with van der Waals surface area (Å²) in [5, 5.41) is 11.9. The molecule has 0 bridgehead atoms. The first kappa shape index (κ1) is 30.7. The number of anilines is 1. The van der Waals surface area contributed by atoms with Crippen molar-refractivity contribution in [2.24, 2.45) is 0 Å². The molecule has 2 aromatic carbocycles. The Morgan fingerprint density at radius 2 is 1.81 bits per heavy atom. The van der Waals surface area contributed by atoms with Crippen molar-refractivity contribution in [1.82, 2.24) is 30.1 Å². The number of amides is 2. The number of hydrogen-bond donors (Lipinski definition) is 1. The number of aromatic nitrogens is 3. The summed E-state index contributed by atoms with van der Waals surface area (Å²) in [6.07, 6.45) is 2.36. The molecule has 1 N–H and O–H groups in total. The van der Waals surface area contributed by atoms with Gasteiger partial charge in [0.15, 0.2) is 0 Å². The van der Waals surface area contributed by atoms with Crippen LogP contribution in [0.3, 0.4) is 0 Å². The molecule has 43 heavy (non-hydrogen) atoms. The van der Waals surface area contributed by atoms with Crippen molar-refractivity contribution in [3.63, 3.8) is 0 Å². The maximum atomic E-state index is 13.6. The molecule has 2 fully saturated rings. The highest BCUT2D eigenvalue weighted by molar-refractivity contribution is 6.31. The van der Waals surface area contributed by atoms with Gasteiger partial charge in [0.1, 0.15) is 11.4 Å². The predicted molar refractivity (Wildman–Crippen MR) is 163 cm³/mol. The van der Waals surface area contributed by atoms with Crippen LogP contribution in [-0.4, -0.2) is 86.7 Å². The molecule has 2 aliphatic rings. The third kappa shape index (κ3) is 7.45. The lowest BCUT2D eigenvalue weighted by Gasteiger charge is -2.44. The molecule has 3 atom stereocenters. The molecular weight excluding hydrogens is 573 g/mol. The highest BCUT2D eigenvalue weighted by Crippen LogP contribution is 2.26. The second kappa shape index (κ2) is 12.5. The van der Waals surface area contributed by atoms with E-state index in [1.165, 1.54) is 6.07 Å². The number of piperazine rings is 1. The lowest BCUT2D eigenvalue weighted by atomic mass is 10.1. The van der Waals surface area contributed by atoms with Crippen molar-refractivity contribution < 1.29 is 18.7 Å². The number of hydrogen-bond acceptors (Lipinski definition) is 7. The molecule has 230 valence electrons. The highest BCUT2D eigenvalue weighted by atomic mass is 35.5. The second-order valence-electron chi connectivity index (χ2n) is 12.5. The molecule has 2 amide bonds. The van der Waals surface area contributed by atoms with Crippen molar-refractivity contribution in [3.05, 3.63) is 70.8 Å². The molecule has 1 aromatic heterocycles. The van der Waals surface area contributed by atoms with Crippen LogP contribution in [0.2, 0.25) is 5.02 Å². The van der Waals surface area contributed by atoms with Gasteiger partial charge < -0.3 is 19.9 Å². The minimum atomic E-state index is -0.532. The highest BCUT2D eigenvalue weighted by Gasteiger charge is 2.34. The topological polar surface area (TPSA) is 95.8 Å². The summed E-state index contributed by atoms with van der Waals surface area (Å²) in [5.74, 6) is -0.618. The van der Waals surface area contributed by atoms with E-state index in [2.05, 4.69) is 39.3 Å². The molecule has 2 aliphatic heterocycles. The quantitative estimate of drug-likeness (QED) is 0.424. The number of carbonyl (C=O) groups excluding carboxylic acids is 2. The average molecular weight is 612 g/mol. The van der Waals surface area contributed by atoms with Gasteiger partial charge >= 0.3 is 6.09 Å². The number of benzene rings is 2. The normalized spacial score (nSPS) is 21.2. The van der Waals surface area contributed by atoms with Gasteiger partial charge in [-0.2, -0.15) is 0 Å². The van der Waals surface area contributed by atoms with E-state index in [0.717, 1.165) is 30.0 Å². The third-order valence-corrected chi connectivity index (χ3v) is 8.09. The number of rotatable bonds is 6. The van der Waals surface area contributed by atoms with E-state index in [4.69, 9.17) is 16.3 Å². The first-order valence-corrected chi connectivity index (χ1v) is 15.0. The zero-order chi connectivity index (χ0) is 30.9. The number of ether oxygens (including phenoxy) is 1. The summed E-state index contributed by atoms with van der Waals surface area (Å²) < 4.78 is 20.8. The Labute approximate surface area is 256 Å². The van der Waals surface area contributed by atoms with E-state index in [1.54, 1.807) is 33.8 Å². The molecule has 0 aliphatic carbocycles. The molecule has 5 rings (SSSR count). The lowest BCUT2D eigenvalue weighted by Crippen LogP contribution is -2.58. The molecule has 0 radical (unpaired) electrons. The standard InChI is InChI=1S/C31H39ClFN7O3/c1-20-15-38(30(42)43-31(3,4)5)16-21(2)39(20)18-24-19-40(36-35-24)26-8-6-7-22(13-26)29(41)34-23-11-12-37(17-23)25-9-10-28(33)27(32)14-25/h6-10,13-14,19-21,23H,11-12,15-18H2,1-5H3,(H,34,41)/t20-,21+,23?. The molecule has 2 saturated heterocycles. The number of carbonyl (C=O) groups is 2. The SMILES string of the molecule is C[C@@H]1CN(C(=O)OC(C)(C)C)C[C@H](C)N1Cc1cn(-c2cccc(C(=O)NC3CCN(c4ccc(F)c(Cl)c4)C3)c2)nn1. The van der Waals surface area contributed by atoms with Crippen molar-refractivity contribution in [2.75, 3.05) is 31.1 Å². The predicted octanol–water partition coefficient (Wildman–Crippen LogP) is 4.90. The van der Waals surface area contributed by atoms with Gasteiger partial charge in [-0.15, -0.1) is 5.10 Å². The monoisotopic (exact) mass is 611 g/mol. The van der Waals surface area contributed by atoms with E-state index < -0.39 is 11.4 Å². The first-order chi connectivity index (χ1) is 20.4. The number of nitrogens with one attached hydrogen (secondary N) is 1. The maximum absolute atomic E-state index is 13.6. The van der Waals surface area contributed by atoms with Crippen LogP contribution in [0.25, 0.3) is 5.69 Å². The van der Waals surface area contributed by atoms with Gasteiger partial charge in [0.2, 0.25) is 0 Å².